The van der Waals surface area contributed by atoms with Crippen molar-refractivity contribution in [3.63, 3.8) is 0 Å². The molecule has 2 heterocycles. The fourth-order valence-electron chi connectivity index (χ4n) is 3.21. The number of ketones is 1. The van der Waals surface area contributed by atoms with Gasteiger partial charge in [0.15, 0.2) is 5.78 Å². The van der Waals surface area contributed by atoms with Gasteiger partial charge in [-0.15, -0.1) is 11.3 Å². The van der Waals surface area contributed by atoms with Crippen LogP contribution in [0.5, 0.6) is 0 Å². The van der Waals surface area contributed by atoms with Crippen LogP contribution in [0.15, 0.2) is 66.0 Å². The summed E-state index contributed by atoms with van der Waals surface area (Å²) in [6, 6.07) is 18.3. The van der Waals surface area contributed by atoms with Crippen LogP contribution < -0.4 is 10.2 Å². The molecular formula is C22H20N2O3S. The lowest BCUT2D eigenvalue weighted by Gasteiger charge is -2.30. The number of nitrogens with one attached hydrogen (secondary N) is 1. The Bertz CT molecular complexity index is 965. The zero-order valence-electron chi connectivity index (χ0n) is 15.3. The maximum absolute atomic E-state index is 12.9. The molecule has 1 N–H and O–H groups in total. The summed E-state index contributed by atoms with van der Waals surface area (Å²) in [7, 11) is 0. The molecule has 0 aliphatic carbocycles. The minimum absolute atomic E-state index is 0.0687. The van der Waals surface area contributed by atoms with E-state index < -0.39 is 0 Å². The molecule has 1 saturated heterocycles. The van der Waals surface area contributed by atoms with Crippen LogP contribution in [0.1, 0.15) is 25.6 Å². The molecule has 0 atom stereocenters. The number of rotatable bonds is 5. The minimum Gasteiger partial charge on any atom is -0.378 e. The third-order valence-corrected chi connectivity index (χ3v) is 5.51. The molecule has 0 bridgehead atoms. The molecule has 142 valence electrons. The van der Waals surface area contributed by atoms with Crippen molar-refractivity contribution in [3.05, 3.63) is 82.0 Å². The SMILES string of the molecule is O=C(c1ccccc1)c1ccc(N2CCOCC2)c(NC(=O)c2cccs2)c1. The van der Waals surface area contributed by atoms with E-state index in [1.165, 1.54) is 11.3 Å². The molecule has 1 amide bonds. The number of carbonyl (C=O) groups excluding carboxylic acids is 2. The van der Waals surface area contributed by atoms with Crippen molar-refractivity contribution in [3.8, 4) is 0 Å². The van der Waals surface area contributed by atoms with E-state index in [0.29, 0.717) is 34.9 Å². The Morgan fingerprint density at radius 1 is 0.929 bits per heavy atom. The molecule has 6 heteroatoms. The maximum atomic E-state index is 12.9. The van der Waals surface area contributed by atoms with Crippen LogP contribution in [0, 0.1) is 0 Å². The summed E-state index contributed by atoms with van der Waals surface area (Å²) in [4.78, 5) is 28.3. The van der Waals surface area contributed by atoms with Crippen LogP contribution in [0.2, 0.25) is 0 Å². The van der Waals surface area contributed by atoms with Crippen LogP contribution in [-0.4, -0.2) is 38.0 Å². The number of nitrogens with zero attached hydrogens (tertiary/aromatic N) is 1. The van der Waals surface area contributed by atoms with Crippen molar-refractivity contribution in [1.29, 1.82) is 0 Å². The highest BCUT2D eigenvalue weighted by atomic mass is 32.1. The third kappa shape index (κ3) is 3.98. The Morgan fingerprint density at radius 2 is 1.71 bits per heavy atom. The molecule has 4 rings (SSSR count). The Balaban J connectivity index is 1.68. The van der Waals surface area contributed by atoms with E-state index in [2.05, 4.69) is 10.2 Å². The zero-order chi connectivity index (χ0) is 19.3. The predicted molar refractivity (Wildman–Crippen MR) is 112 cm³/mol. The summed E-state index contributed by atoms with van der Waals surface area (Å²) in [6.45, 7) is 2.77. The third-order valence-electron chi connectivity index (χ3n) is 4.64. The maximum Gasteiger partial charge on any atom is 0.265 e. The molecule has 1 aliphatic rings. The van der Waals surface area contributed by atoms with E-state index in [1.807, 2.05) is 41.8 Å². The Kier molecular flexibility index (Phi) is 5.50. The Labute approximate surface area is 167 Å². The predicted octanol–water partition coefficient (Wildman–Crippen LogP) is 4.07. The van der Waals surface area contributed by atoms with Gasteiger partial charge in [-0.05, 0) is 29.6 Å². The van der Waals surface area contributed by atoms with Crippen LogP contribution in [0.3, 0.4) is 0 Å². The lowest BCUT2D eigenvalue weighted by molar-refractivity contribution is 0.102. The van der Waals surface area contributed by atoms with Crippen molar-refractivity contribution in [2.24, 2.45) is 0 Å². The average Bonchev–Trinajstić information content (AvgIpc) is 3.30. The van der Waals surface area contributed by atoms with E-state index in [1.54, 1.807) is 24.3 Å². The molecule has 0 radical (unpaired) electrons. The number of carbonyl (C=O) groups is 2. The molecule has 28 heavy (non-hydrogen) atoms. The highest BCUT2D eigenvalue weighted by Gasteiger charge is 2.19. The number of amides is 1. The molecule has 0 unspecified atom stereocenters. The first-order chi connectivity index (χ1) is 13.7. The molecular weight excluding hydrogens is 372 g/mol. The molecule has 0 spiro atoms. The van der Waals surface area contributed by atoms with Crippen LogP contribution in [0.25, 0.3) is 0 Å². The lowest BCUT2D eigenvalue weighted by atomic mass is 10.0. The second kappa shape index (κ2) is 8.37. The number of hydrogen-bond donors (Lipinski definition) is 1. The largest absolute Gasteiger partial charge is 0.378 e. The fourth-order valence-corrected chi connectivity index (χ4v) is 3.82. The molecule has 5 nitrogen and oxygen atoms in total. The summed E-state index contributed by atoms with van der Waals surface area (Å²) < 4.78 is 5.44. The number of morpholine rings is 1. The van der Waals surface area contributed by atoms with Gasteiger partial charge in [-0.25, -0.2) is 0 Å². The lowest BCUT2D eigenvalue weighted by Crippen LogP contribution is -2.36. The number of thiophene rings is 1. The average molecular weight is 392 g/mol. The van der Waals surface area contributed by atoms with Crippen molar-refractivity contribution in [2.45, 2.75) is 0 Å². The first kappa shape index (κ1) is 18.4. The second-order valence-corrected chi connectivity index (χ2v) is 7.41. The number of ether oxygens (including phenoxy) is 1. The van der Waals surface area contributed by atoms with Gasteiger partial charge in [0.1, 0.15) is 0 Å². The second-order valence-electron chi connectivity index (χ2n) is 6.46. The zero-order valence-corrected chi connectivity index (χ0v) is 16.1. The first-order valence-electron chi connectivity index (χ1n) is 9.14. The van der Waals surface area contributed by atoms with Crippen molar-refractivity contribution in [2.75, 3.05) is 36.5 Å². The fraction of sp³-hybridized carbons (Fsp3) is 0.182. The summed E-state index contributed by atoms with van der Waals surface area (Å²) in [6.07, 6.45) is 0. The van der Waals surface area contributed by atoms with Gasteiger partial charge in [-0.3, -0.25) is 9.59 Å². The van der Waals surface area contributed by atoms with Gasteiger partial charge in [0.2, 0.25) is 0 Å². The summed E-state index contributed by atoms with van der Waals surface area (Å²) in [5, 5.41) is 4.86. The van der Waals surface area contributed by atoms with Crippen molar-refractivity contribution in [1.82, 2.24) is 0 Å². The number of hydrogen-bond acceptors (Lipinski definition) is 5. The molecule has 1 fully saturated rings. The first-order valence-corrected chi connectivity index (χ1v) is 10.0. The summed E-state index contributed by atoms with van der Waals surface area (Å²) in [5.41, 5.74) is 2.71. The number of anilines is 2. The van der Waals surface area contributed by atoms with Gasteiger partial charge in [-0.1, -0.05) is 36.4 Å². The Morgan fingerprint density at radius 3 is 2.43 bits per heavy atom. The van der Waals surface area contributed by atoms with E-state index >= 15 is 0 Å². The van der Waals surface area contributed by atoms with Gasteiger partial charge >= 0.3 is 0 Å². The highest BCUT2D eigenvalue weighted by Crippen LogP contribution is 2.30. The van der Waals surface area contributed by atoms with E-state index in [0.717, 1.165) is 18.8 Å². The topological polar surface area (TPSA) is 58.6 Å². The standard InChI is InChI=1S/C22H20N2O3S/c25-21(16-5-2-1-3-6-16)17-8-9-19(24-10-12-27-13-11-24)18(15-17)23-22(26)20-7-4-14-28-20/h1-9,14-15H,10-13H2,(H,23,26). The van der Waals surface area contributed by atoms with Crippen LogP contribution >= 0.6 is 11.3 Å². The van der Waals surface area contributed by atoms with Gasteiger partial charge in [0.25, 0.3) is 5.91 Å². The summed E-state index contributed by atoms with van der Waals surface area (Å²) in [5.74, 6) is -0.241. The number of benzene rings is 2. The monoisotopic (exact) mass is 392 g/mol. The molecule has 1 aliphatic heterocycles. The van der Waals surface area contributed by atoms with Crippen LogP contribution in [-0.2, 0) is 4.74 Å². The summed E-state index contributed by atoms with van der Waals surface area (Å²) >= 11 is 1.39. The molecule has 0 saturated carbocycles. The smallest absolute Gasteiger partial charge is 0.265 e. The molecule has 2 aromatic carbocycles. The molecule has 1 aromatic heterocycles. The quantitative estimate of drug-likeness (QED) is 0.665. The van der Waals surface area contributed by atoms with Crippen LogP contribution in [0.4, 0.5) is 11.4 Å². The van der Waals surface area contributed by atoms with E-state index in [4.69, 9.17) is 4.74 Å². The van der Waals surface area contributed by atoms with E-state index in [9.17, 15) is 9.59 Å². The highest BCUT2D eigenvalue weighted by molar-refractivity contribution is 7.12. The minimum atomic E-state index is -0.172. The normalized spacial score (nSPS) is 13.9. The molecule has 3 aromatic rings. The Hall–Kier alpha value is -2.96. The van der Waals surface area contributed by atoms with Crippen molar-refractivity contribution >= 4 is 34.4 Å². The van der Waals surface area contributed by atoms with Gasteiger partial charge in [0, 0.05) is 24.2 Å². The van der Waals surface area contributed by atoms with Crippen molar-refractivity contribution < 1.29 is 14.3 Å². The van der Waals surface area contributed by atoms with E-state index in [-0.39, 0.29) is 11.7 Å². The van der Waals surface area contributed by atoms with Gasteiger partial charge in [-0.2, -0.15) is 0 Å². The van der Waals surface area contributed by atoms with Gasteiger partial charge in [0.05, 0.1) is 29.5 Å². The van der Waals surface area contributed by atoms with Gasteiger partial charge < -0.3 is 15.0 Å².